The Balaban J connectivity index is 1.35. The molecule has 5 rings (SSSR count). The number of aromatic nitrogens is 4. The molecule has 1 unspecified atom stereocenters. The first-order valence-electron chi connectivity index (χ1n) is 10.0. The van der Waals surface area contributed by atoms with Crippen molar-refractivity contribution in [3.05, 3.63) is 42.2 Å². The number of nitrogens with one attached hydrogen (secondary N) is 1. The van der Waals surface area contributed by atoms with Gasteiger partial charge in [-0.1, -0.05) is 18.2 Å². The Hall–Kier alpha value is -3.16. The second-order valence-electron chi connectivity index (χ2n) is 7.90. The molecule has 2 aliphatic rings. The zero-order valence-electron chi connectivity index (χ0n) is 16.5. The second-order valence-corrected chi connectivity index (χ2v) is 7.90. The molecule has 2 fully saturated rings. The van der Waals surface area contributed by atoms with Crippen LogP contribution in [0.3, 0.4) is 0 Å². The van der Waals surface area contributed by atoms with Crippen molar-refractivity contribution < 1.29 is 9.53 Å². The summed E-state index contributed by atoms with van der Waals surface area (Å²) in [6.45, 7) is 2.74. The molecule has 1 aromatic carbocycles. The van der Waals surface area contributed by atoms with Gasteiger partial charge in [-0.3, -0.25) is 9.89 Å². The molecular weight excluding hydrogens is 368 g/mol. The Morgan fingerprint density at radius 2 is 2.10 bits per heavy atom. The lowest BCUT2D eigenvalue weighted by Crippen LogP contribution is -2.49. The quantitative estimate of drug-likeness (QED) is 0.734. The molecule has 2 aromatic heterocycles. The van der Waals surface area contributed by atoms with Crippen molar-refractivity contribution in [3.63, 3.8) is 0 Å². The summed E-state index contributed by atoms with van der Waals surface area (Å²) in [6.07, 6.45) is 4.43. The highest BCUT2D eigenvalue weighted by Crippen LogP contribution is 2.41. The number of carbonyl (C=O) groups is 1. The molecule has 4 heterocycles. The van der Waals surface area contributed by atoms with E-state index in [1.807, 2.05) is 23.1 Å². The van der Waals surface area contributed by atoms with Gasteiger partial charge < -0.3 is 14.5 Å². The number of fused-ring (bicyclic) bond motifs is 1. The minimum atomic E-state index is -0.364. The molecule has 8 heteroatoms. The van der Waals surface area contributed by atoms with Crippen molar-refractivity contribution >= 4 is 22.8 Å². The normalized spacial score (nSPS) is 22.0. The van der Waals surface area contributed by atoms with Crippen molar-refractivity contribution in [2.24, 2.45) is 5.41 Å². The summed E-state index contributed by atoms with van der Waals surface area (Å²) < 4.78 is 5.22. The maximum absolute atomic E-state index is 13.5. The lowest BCUT2D eigenvalue weighted by atomic mass is 9.78. The first-order chi connectivity index (χ1) is 14.2. The lowest BCUT2D eigenvalue weighted by Gasteiger charge is -2.39. The summed E-state index contributed by atoms with van der Waals surface area (Å²) in [7, 11) is 1.60. The van der Waals surface area contributed by atoms with E-state index in [1.54, 1.807) is 19.4 Å². The third-order valence-corrected chi connectivity index (χ3v) is 6.18. The topological polar surface area (TPSA) is 87.2 Å². The fourth-order valence-electron chi connectivity index (χ4n) is 4.64. The fourth-order valence-corrected chi connectivity index (χ4v) is 4.64. The standard InChI is InChI=1S/C21H24N6O2/c1-29-18-7-10-22-20(23-18)27-12-9-21(14-27)8-4-11-26(19(21)28)13-17-15-5-2-3-6-16(15)24-25-17/h2-3,5-7,10H,4,8-9,11-14H2,1H3,(H,24,25). The molecule has 0 radical (unpaired) electrons. The molecule has 1 amide bonds. The predicted octanol–water partition coefficient (Wildman–Crippen LogP) is 2.38. The van der Waals surface area contributed by atoms with Gasteiger partial charge >= 0.3 is 0 Å². The van der Waals surface area contributed by atoms with Crippen molar-refractivity contribution in [1.29, 1.82) is 0 Å². The monoisotopic (exact) mass is 392 g/mol. The maximum Gasteiger partial charge on any atom is 0.231 e. The van der Waals surface area contributed by atoms with E-state index in [9.17, 15) is 4.79 Å². The van der Waals surface area contributed by atoms with Crippen LogP contribution in [0.15, 0.2) is 36.5 Å². The summed E-state index contributed by atoms with van der Waals surface area (Å²) in [5.74, 6) is 1.39. The van der Waals surface area contributed by atoms with Crippen LogP contribution in [0.4, 0.5) is 5.95 Å². The number of hydrogen-bond acceptors (Lipinski definition) is 6. The lowest BCUT2D eigenvalue weighted by molar-refractivity contribution is -0.145. The number of piperidine rings is 1. The third-order valence-electron chi connectivity index (χ3n) is 6.18. The number of amides is 1. The Kier molecular flexibility index (Phi) is 4.34. The van der Waals surface area contributed by atoms with Crippen LogP contribution in [0.5, 0.6) is 5.88 Å². The smallest absolute Gasteiger partial charge is 0.231 e. The average molecular weight is 392 g/mol. The third kappa shape index (κ3) is 3.08. The second kappa shape index (κ2) is 7.02. The molecule has 0 bridgehead atoms. The van der Waals surface area contributed by atoms with Gasteiger partial charge in [-0.25, -0.2) is 4.98 Å². The van der Waals surface area contributed by atoms with E-state index >= 15 is 0 Å². The number of rotatable bonds is 4. The summed E-state index contributed by atoms with van der Waals surface area (Å²) in [4.78, 5) is 26.4. The molecule has 1 N–H and O–H groups in total. The molecule has 2 aliphatic heterocycles. The maximum atomic E-state index is 13.5. The number of anilines is 1. The van der Waals surface area contributed by atoms with Crippen LogP contribution >= 0.6 is 0 Å². The molecule has 1 atom stereocenters. The van der Waals surface area contributed by atoms with Crippen LogP contribution in [-0.4, -0.2) is 57.7 Å². The summed E-state index contributed by atoms with van der Waals surface area (Å²) in [5.41, 5.74) is 1.57. The van der Waals surface area contributed by atoms with Crippen molar-refractivity contribution in [2.75, 3.05) is 31.6 Å². The average Bonchev–Trinajstić information content (AvgIpc) is 3.37. The highest BCUT2D eigenvalue weighted by molar-refractivity contribution is 5.86. The van der Waals surface area contributed by atoms with Crippen LogP contribution in [0.25, 0.3) is 10.9 Å². The number of H-pyrrole nitrogens is 1. The molecule has 0 aliphatic carbocycles. The predicted molar refractivity (Wildman–Crippen MR) is 109 cm³/mol. The van der Waals surface area contributed by atoms with E-state index < -0.39 is 0 Å². The van der Waals surface area contributed by atoms with Gasteiger partial charge in [-0.05, 0) is 25.3 Å². The number of para-hydroxylation sites is 1. The molecule has 29 heavy (non-hydrogen) atoms. The van der Waals surface area contributed by atoms with Gasteiger partial charge in [0.1, 0.15) is 0 Å². The number of nitrogens with zero attached hydrogens (tertiary/aromatic N) is 5. The van der Waals surface area contributed by atoms with E-state index in [1.165, 1.54) is 0 Å². The van der Waals surface area contributed by atoms with Crippen LogP contribution in [0, 0.1) is 5.41 Å². The van der Waals surface area contributed by atoms with Crippen molar-refractivity contribution in [2.45, 2.75) is 25.8 Å². The highest BCUT2D eigenvalue weighted by atomic mass is 16.5. The number of benzene rings is 1. The van der Waals surface area contributed by atoms with Gasteiger partial charge in [0.15, 0.2) is 0 Å². The van der Waals surface area contributed by atoms with Crippen LogP contribution in [0.2, 0.25) is 0 Å². The number of likely N-dealkylation sites (tertiary alicyclic amines) is 1. The Morgan fingerprint density at radius 3 is 3.00 bits per heavy atom. The zero-order chi connectivity index (χ0) is 19.8. The number of hydrogen-bond donors (Lipinski definition) is 1. The minimum Gasteiger partial charge on any atom is -0.481 e. The number of methoxy groups -OCH3 is 1. The Labute approximate surface area is 168 Å². The van der Waals surface area contributed by atoms with E-state index in [-0.39, 0.29) is 11.3 Å². The van der Waals surface area contributed by atoms with Gasteiger partial charge in [-0.2, -0.15) is 10.1 Å². The van der Waals surface area contributed by atoms with E-state index in [2.05, 4.69) is 31.1 Å². The summed E-state index contributed by atoms with van der Waals surface area (Å²) in [5, 5.41) is 8.61. The van der Waals surface area contributed by atoms with E-state index in [0.717, 1.165) is 48.9 Å². The van der Waals surface area contributed by atoms with Crippen LogP contribution in [0.1, 0.15) is 25.0 Å². The first-order valence-corrected chi connectivity index (χ1v) is 10.0. The van der Waals surface area contributed by atoms with Gasteiger partial charge in [-0.15, -0.1) is 0 Å². The van der Waals surface area contributed by atoms with Gasteiger partial charge in [0.2, 0.25) is 17.7 Å². The molecule has 150 valence electrons. The van der Waals surface area contributed by atoms with Gasteiger partial charge in [0.05, 0.1) is 30.3 Å². The van der Waals surface area contributed by atoms with E-state index in [0.29, 0.717) is 24.9 Å². The van der Waals surface area contributed by atoms with Gasteiger partial charge in [0, 0.05) is 37.3 Å². The molecule has 8 nitrogen and oxygen atoms in total. The number of ether oxygens (including phenoxy) is 1. The SMILES string of the molecule is COc1ccnc(N2CCC3(CCCN(Cc4n[nH]c5ccccc45)C3=O)C2)n1. The zero-order valence-corrected chi connectivity index (χ0v) is 16.5. The Bertz CT molecular complexity index is 1050. The van der Waals surface area contributed by atoms with Crippen molar-refractivity contribution in [3.8, 4) is 5.88 Å². The van der Waals surface area contributed by atoms with Crippen LogP contribution in [-0.2, 0) is 11.3 Å². The summed E-state index contributed by atoms with van der Waals surface area (Å²) >= 11 is 0. The fraction of sp³-hybridized carbons (Fsp3) is 0.429. The molecule has 2 saturated heterocycles. The largest absolute Gasteiger partial charge is 0.481 e. The van der Waals surface area contributed by atoms with E-state index in [4.69, 9.17) is 4.74 Å². The number of carbonyl (C=O) groups excluding carboxylic acids is 1. The molecular formula is C21H24N6O2. The first kappa shape index (κ1) is 17.9. The Morgan fingerprint density at radius 1 is 1.21 bits per heavy atom. The number of aromatic amines is 1. The molecule has 1 spiro atoms. The highest BCUT2D eigenvalue weighted by Gasteiger charge is 2.49. The molecule has 3 aromatic rings. The molecule has 0 saturated carbocycles. The summed E-state index contributed by atoms with van der Waals surface area (Å²) in [6, 6.07) is 9.78. The van der Waals surface area contributed by atoms with Gasteiger partial charge in [0.25, 0.3) is 0 Å². The van der Waals surface area contributed by atoms with Crippen LogP contribution < -0.4 is 9.64 Å². The van der Waals surface area contributed by atoms with Crippen molar-refractivity contribution in [1.82, 2.24) is 25.1 Å². The minimum absolute atomic E-state index is 0.223.